The number of aliphatic hydroxyl groups excluding tert-OH is 1. The molecule has 2 heterocycles. The van der Waals surface area contributed by atoms with E-state index >= 15 is 0 Å². The van der Waals surface area contributed by atoms with Crippen LogP contribution in [0, 0.1) is 0 Å². The molecule has 2 saturated heterocycles. The number of ether oxygens (including phenoxy) is 5. The predicted molar refractivity (Wildman–Crippen MR) is 233 cm³/mol. The number of hydrogen-bond donors (Lipinski definition) is 6. The summed E-state index contributed by atoms with van der Waals surface area (Å²) in [4.78, 5) is 97.1. The zero-order chi connectivity index (χ0) is 48.4. The molecule has 65 heavy (non-hydrogen) atoms. The van der Waals surface area contributed by atoms with Gasteiger partial charge in [0, 0.05) is 26.2 Å². The van der Waals surface area contributed by atoms with Gasteiger partial charge < -0.3 is 65.0 Å². The van der Waals surface area contributed by atoms with Crippen molar-refractivity contribution in [2.75, 3.05) is 52.5 Å². The average Bonchev–Trinajstić information content (AvgIpc) is 4.00. The van der Waals surface area contributed by atoms with E-state index in [1.165, 1.54) is 0 Å². The van der Waals surface area contributed by atoms with Gasteiger partial charge >= 0.3 is 36.3 Å². The third-order valence-corrected chi connectivity index (χ3v) is 8.68. The van der Waals surface area contributed by atoms with Gasteiger partial charge in [-0.25, -0.2) is 28.8 Å². The van der Waals surface area contributed by atoms with Gasteiger partial charge in [-0.2, -0.15) is 0 Å². The SMILES string of the molecule is CC(C)(C)OC(=O)NC[C@@H](NC(=O)OCc1ccccc1)C(=O)O.CC(C)(C)OC(=O)NC[C@@H](NC(=O)OCc1ccccc1)C(=O)OCC(=O)N1CCCC1.O=C(CO)N1CCCC1. The van der Waals surface area contributed by atoms with E-state index in [1.807, 2.05) is 12.1 Å². The second-order valence-corrected chi connectivity index (χ2v) is 16.6. The van der Waals surface area contributed by atoms with Gasteiger partial charge in [-0.3, -0.25) is 9.59 Å². The first-order valence-electron chi connectivity index (χ1n) is 21.1. The van der Waals surface area contributed by atoms with Crippen LogP contribution in [-0.2, 0) is 56.1 Å². The summed E-state index contributed by atoms with van der Waals surface area (Å²) in [6.45, 7) is 11.7. The summed E-state index contributed by atoms with van der Waals surface area (Å²) in [5.74, 6) is -2.61. The Morgan fingerprint density at radius 3 is 1.34 bits per heavy atom. The van der Waals surface area contributed by atoms with Crippen molar-refractivity contribution in [2.45, 2.75) is 104 Å². The Balaban J connectivity index is 0.000000384. The Morgan fingerprint density at radius 2 is 0.954 bits per heavy atom. The molecule has 360 valence electrons. The van der Waals surface area contributed by atoms with Crippen molar-refractivity contribution in [2.24, 2.45) is 0 Å². The number of esters is 1. The fourth-order valence-corrected chi connectivity index (χ4v) is 5.56. The first-order chi connectivity index (χ1) is 30.6. The molecule has 6 amide bonds. The third-order valence-electron chi connectivity index (χ3n) is 8.68. The molecule has 21 nitrogen and oxygen atoms in total. The van der Waals surface area contributed by atoms with Crippen molar-refractivity contribution in [3.8, 4) is 0 Å². The Kier molecular flexibility index (Phi) is 23.7. The zero-order valence-electron chi connectivity index (χ0n) is 37.9. The fraction of sp³-hybridized carbons (Fsp3) is 0.545. The lowest BCUT2D eigenvalue weighted by Gasteiger charge is -2.22. The maximum atomic E-state index is 12.5. The number of amides is 6. The molecule has 2 aliphatic rings. The Morgan fingerprint density at radius 1 is 0.569 bits per heavy atom. The number of aliphatic carboxylic acids is 1. The lowest BCUT2D eigenvalue weighted by Crippen LogP contribution is -2.50. The number of alkyl carbamates (subject to hydrolysis) is 4. The van der Waals surface area contributed by atoms with Crippen molar-refractivity contribution >= 4 is 48.1 Å². The Bertz CT molecular complexity index is 1830. The normalized spacial score (nSPS) is 14.0. The molecular weight excluding hydrogens is 853 g/mol. The van der Waals surface area contributed by atoms with E-state index in [0.717, 1.165) is 49.9 Å². The number of carbonyl (C=O) groups excluding carboxylic acids is 7. The molecule has 0 aromatic heterocycles. The number of rotatable bonds is 15. The summed E-state index contributed by atoms with van der Waals surface area (Å²) >= 11 is 0. The second kappa shape index (κ2) is 28.2. The van der Waals surface area contributed by atoms with E-state index in [-0.39, 0.29) is 44.7 Å². The number of aliphatic hydroxyl groups is 1. The van der Waals surface area contributed by atoms with Crippen LogP contribution in [0.5, 0.6) is 0 Å². The van der Waals surface area contributed by atoms with Crippen molar-refractivity contribution in [1.82, 2.24) is 31.1 Å². The molecule has 4 rings (SSSR count). The number of carbonyl (C=O) groups is 8. The maximum absolute atomic E-state index is 12.5. The summed E-state index contributed by atoms with van der Waals surface area (Å²) < 4.78 is 25.3. The summed E-state index contributed by atoms with van der Waals surface area (Å²) in [7, 11) is 0. The van der Waals surface area contributed by atoms with Crippen molar-refractivity contribution in [3.05, 3.63) is 71.8 Å². The monoisotopic (exact) mass is 916 g/mol. The maximum Gasteiger partial charge on any atom is 0.408 e. The minimum atomic E-state index is -1.33. The minimum Gasteiger partial charge on any atom is -0.480 e. The molecule has 0 saturated carbocycles. The Hall–Kier alpha value is -6.64. The highest BCUT2D eigenvalue weighted by Gasteiger charge is 2.28. The highest BCUT2D eigenvalue weighted by molar-refractivity contribution is 5.85. The quantitative estimate of drug-likeness (QED) is 0.110. The number of carboxylic acid groups (broad SMARTS) is 1. The van der Waals surface area contributed by atoms with Gasteiger partial charge in [-0.05, 0) is 78.4 Å². The molecule has 0 bridgehead atoms. The van der Waals surface area contributed by atoms with E-state index in [9.17, 15) is 38.4 Å². The lowest BCUT2D eigenvalue weighted by atomic mass is 10.2. The third kappa shape index (κ3) is 24.7. The van der Waals surface area contributed by atoms with Crippen molar-refractivity contribution in [1.29, 1.82) is 0 Å². The van der Waals surface area contributed by atoms with Crippen LogP contribution in [0.3, 0.4) is 0 Å². The van der Waals surface area contributed by atoms with Gasteiger partial charge in [0.05, 0.1) is 13.1 Å². The van der Waals surface area contributed by atoms with Crippen LogP contribution in [0.1, 0.15) is 78.4 Å². The summed E-state index contributed by atoms with van der Waals surface area (Å²) in [5, 5.41) is 26.7. The van der Waals surface area contributed by atoms with E-state index in [2.05, 4.69) is 21.3 Å². The van der Waals surface area contributed by atoms with E-state index < -0.39 is 66.2 Å². The molecule has 2 aromatic carbocycles. The van der Waals surface area contributed by atoms with Crippen LogP contribution in [0.25, 0.3) is 0 Å². The first-order valence-corrected chi connectivity index (χ1v) is 21.1. The number of likely N-dealkylation sites (tertiary alicyclic amines) is 2. The molecular formula is C44H64N6O15. The van der Waals surface area contributed by atoms with Gasteiger partial charge in [0.15, 0.2) is 6.61 Å². The van der Waals surface area contributed by atoms with Gasteiger partial charge in [-0.1, -0.05) is 60.7 Å². The molecule has 0 radical (unpaired) electrons. The van der Waals surface area contributed by atoms with Gasteiger partial charge in [0.25, 0.3) is 5.91 Å². The number of nitrogens with one attached hydrogen (secondary N) is 4. The number of benzene rings is 2. The predicted octanol–water partition coefficient (Wildman–Crippen LogP) is 3.46. The largest absolute Gasteiger partial charge is 0.480 e. The van der Waals surface area contributed by atoms with Gasteiger partial charge in [0.1, 0.15) is 43.1 Å². The van der Waals surface area contributed by atoms with E-state index in [4.69, 9.17) is 33.9 Å². The molecule has 21 heteroatoms. The van der Waals surface area contributed by atoms with Crippen LogP contribution >= 0.6 is 0 Å². The average molecular weight is 917 g/mol. The molecule has 2 atom stereocenters. The molecule has 2 aromatic rings. The number of hydrogen-bond acceptors (Lipinski definition) is 14. The highest BCUT2D eigenvalue weighted by atomic mass is 16.6. The van der Waals surface area contributed by atoms with Crippen LogP contribution in [-0.4, -0.2) is 144 Å². The molecule has 2 aliphatic heterocycles. The second-order valence-electron chi connectivity index (χ2n) is 16.6. The van der Waals surface area contributed by atoms with Crippen LogP contribution in [0.4, 0.5) is 19.2 Å². The van der Waals surface area contributed by atoms with E-state index in [0.29, 0.717) is 13.1 Å². The molecule has 2 fully saturated rings. The van der Waals surface area contributed by atoms with Crippen LogP contribution in [0.15, 0.2) is 60.7 Å². The molecule has 0 aliphatic carbocycles. The first kappa shape index (κ1) is 54.5. The summed E-state index contributed by atoms with van der Waals surface area (Å²) in [5.41, 5.74) is 0.103. The number of nitrogens with zero attached hydrogens (tertiary/aromatic N) is 2. The van der Waals surface area contributed by atoms with Crippen molar-refractivity contribution < 1.29 is 72.3 Å². The fourth-order valence-electron chi connectivity index (χ4n) is 5.56. The molecule has 0 spiro atoms. The zero-order valence-corrected chi connectivity index (χ0v) is 37.9. The van der Waals surface area contributed by atoms with Gasteiger partial charge in [0.2, 0.25) is 5.91 Å². The van der Waals surface area contributed by atoms with Crippen molar-refractivity contribution in [3.63, 3.8) is 0 Å². The van der Waals surface area contributed by atoms with E-state index in [1.54, 1.807) is 99.9 Å². The highest BCUT2D eigenvalue weighted by Crippen LogP contribution is 2.10. The Labute approximate surface area is 378 Å². The molecule has 0 unspecified atom stereocenters. The van der Waals surface area contributed by atoms with Gasteiger partial charge in [-0.15, -0.1) is 0 Å². The standard InChI is InChI=1S/C22H31N3O7.C16H22N2O6.C6H11NO2/c1-22(2,3)32-20(28)23-13-17(19(27)30-15-18(26)25-11-7-8-12-25)24-21(29)31-14-16-9-5-4-6-10-16;1-16(2,3)24-14(21)17-9-12(13(19)20)18-15(22)23-10-11-7-5-4-6-8-11;8-5-6(9)7-3-1-2-4-7/h4-6,9-10,17H,7-8,11-15H2,1-3H3,(H,23,28)(H,24,29);4-8,12H,9-10H2,1-3H3,(H,17,21)(H,18,22)(H,19,20);8H,1-5H2/t17-;12-;/m11./s1. The summed E-state index contributed by atoms with van der Waals surface area (Å²) in [6, 6.07) is 15.4. The van der Waals surface area contributed by atoms with Crippen LogP contribution < -0.4 is 21.3 Å². The minimum absolute atomic E-state index is 0.00137. The topological polar surface area (TPSA) is 278 Å². The summed E-state index contributed by atoms with van der Waals surface area (Å²) in [6.07, 6.45) is 0.715. The smallest absolute Gasteiger partial charge is 0.408 e. The number of carboxylic acids is 1. The molecule has 6 N–H and O–H groups in total. The van der Waals surface area contributed by atoms with Crippen LogP contribution in [0.2, 0.25) is 0 Å². The lowest BCUT2D eigenvalue weighted by molar-refractivity contribution is -0.153.